The Balaban J connectivity index is 2.35. The van der Waals surface area contributed by atoms with Crippen LogP contribution in [0.25, 0.3) is 0 Å². The SMILES string of the molecule is COC(=O)[C@@H]1CC[C@H]1N. The van der Waals surface area contributed by atoms with Gasteiger partial charge in [0, 0.05) is 6.04 Å². The molecule has 0 aromatic carbocycles. The van der Waals surface area contributed by atoms with Gasteiger partial charge in [-0.3, -0.25) is 4.79 Å². The smallest absolute Gasteiger partial charge is 0.310 e. The Hall–Kier alpha value is -0.570. The van der Waals surface area contributed by atoms with E-state index in [1.165, 1.54) is 7.11 Å². The third-order valence-electron chi connectivity index (χ3n) is 1.83. The molecule has 2 N–H and O–H groups in total. The van der Waals surface area contributed by atoms with E-state index < -0.39 is 0 Å². The first-order chi connectivity index (χ1) is 4.25. The van der Waals surface area contributed by atoms with E-state index in [0.29, 0.717) is 0 Å². The highest BCUT2D eigenvalue weighted by molar-refractivity contribution is 5.74. The maximum absolute atomic E-state index is 10.7. The fraction of sp³-hybridized carbons (Fsp3) is 0.833. The largest absolute Gasteiger partial charge is 0.469 e. The normalized spacial score (nSPS) is 33.1. The minimum atomic E-state index is -0.159. The molecule has 0 aliphatic heterocycles. The molecule has 0 aromatic heterocycles. The number of carbonyl (C=O) groups excluding carboxylic acids is 1. The van der Waals surface area contributed by atoms with Crippen LogP contribution in [-0.4, -0.2) is 19.1 Å². The van der Waals surface area contributed by atoms with E-state index >= 15 is 0 Å². The van der Waals surface area contributed by atoms with Crippen molar-refractivity contribution in [3.63, 3.8) is 0 Å². The first-order valence-corrected chi connectivity index (χ1v) is 3.09. The minimum absolute atomic E-state index is 0.0185. The lowest BCUT2D eigenvalue weighted by molar-refractivity contribution is -0.149. The lowest BCUT2D eigenvalue weighted by Crippen LogP contribution is -2.44. The van der Waals surface area contributed by atoms with Gasteiger partial charge in [0.25, 0.3) is 0 Å². The van der Waals surface area contributed by atoms with E-state index in [2.05, 4.69) is 4.74 Å². The van der Waals surface area contributed by atoms with Crippen LogP contribution in [0.2, 0.25) is 0 Å². The third-order valence-corrected chi connectivity index (χ3v) is 1.83. The predicted octanol–water partition coefficient (Wildman–Crippen LogP) is -0.103. The second kappa shape index (κ2) is 2.35. The number of hydrogen-bond acceptors (Lipinski definition) is 3. The van der Waals surface area contributed by atoms with Gasteiger partial charge in [0.2, 0.25) is 0 Å². The summed E-state index contributed by atoms with van der Waals surface area (Å²) in [4.78, 5) is 10.7. The van der Waals surface area contributed by atoms with Crippen LogP contribution in [0.1, 0.15) is 12.8 Å². The summed E-state index contributed by atoms with van der Waals surface area (Å²) in [5, 5.41) is 0. The maximum atomic E-state index is 10.7. The van der Waals surface area contributed by atoms with E-state index in [1.54, 1.807) is 0 Å². The van der Waals surface area contributed by atoms with Crippen molar-refractivity contribution in [2.75, 3.05) is 7.11 Å². The molecule has 1 saturated carbocycles. The van der Waals surface area contributed by atoms with Crippen molar-refractivity contribution in [2.24, 2.45) is 11.7 Å². The van der Waals surface area contributed by atoms with Crippen LogP contribution < -0.4 is 5.73 Å². The first-order valence-electron chi connectivity index (χ1n) is 3.09. The van der Waals surface area contributed by atoms with Crippen LogP contribution in [0.4, 0.5) is 0 Å². The van der Waals surface area contributed by atoms with E-state index in [9.17, 15) is 4.79 Å². The highest BCUT2D eigenvalue weighted by Gasteiger charge is 2.34. The Morgan fingerprint density at radius 3 is 2.44 bits per heavy atom. The first kappa shape index (κ1) is 6.55. The average molecular weight is 129 g/mol. The van der Waals surface area contributed by atoms with Crippen LogP contribution in [0, 0.1) is 5.92 Å². The maximum Gasteiger partial charge on any atom is 0.310 e. The average Bonchev–Trinajstić information content (AvgIpc) is 1.84. The van der Waals surface area contributed by atoms with Crippen molar-refractivity contribution < 1.29 is 9.53 Å². The monoisotopic (exact) mass is 129 g/mol. The Morgan fingerprint density at radius 1 is 1.67 bits per heavy atom. The van der Waals surface area contributed by atoms with Gasteiger partial charge in [-0.05, 0) is 12.8 Å². The summed E-state index contributed by atoms with van der Waals surface area (Å²) in [5.41, 5.74) is 5.50. The number of carbonyl (C=O) groups is 1. The molecule has 9 heavy (non-hydrogen) atoms. The van der Waals surface area contributed by atoms with Crippen molar-refractivity contribution in [1.82, 2.24) is 0 Å². The molecule has 0 heterocycles. The van der Waals surface area contributed by atoms with Gasteiger partial charge in [0.1, 0.15) is 0 Å². The molecule has 1 rings (SSSR count). The fourth-order valence-electron chi connectivity index (χ4n) is 0.970. The van der Waals surface area contributed by atoms with Gasteiger partial charge in [0.05, 0.1) is 13.0 Å². The molecule has 2 atom stereocenters. The van der Waals surface area contributed by atoms with Gasteiger partial charge in [-0.2, -0.15) is 0 Å². The second-order valence-corrected chi connectivity index (χ2v) is 2.37. The van der Waals surface area contributed by atoms with Crippen molar-refractivity contribution in [3.05, 3.63) is 0 Å². The molecular weight excluding hydrogens is 118 g/mol. The van der Waals surface area contributed by atoms with Gasteiger partial charge >= 0.3 is 5.97 Å². The Labute approximate surface area is 54.2 Å². The molecule has 1 fully saturated rings. The highest BCUT2D eigenvalue weighted by Crippen LogP contribution is 2.25. The van der Waals surface area contributed by atoms with Crippen molar-refractivity contribution in [2.45, 2.75) is 18.9 Å². The van der Waals surface area contributed by atoms with Gasteiger partial charge in [-0.15, -0.1) is 0 Å². The molecule has 0 spiro atoms. The molecule has 0 radical (unpaired) electrons. The van der Waals surface area contributed by atoms with E-state index in [0.717, 1.165) is 12.8 Å². The molecule has 0 amide bonds. The summed E-state index contributed by atoms with van der Waals surface area (Å²) in [6.45, 7) is 0. The molecule has 0 bridgehead atoms. The number of ether oxygens (including phenoxy) is 1. The minimum Gasteiger partial charge on any atom is -0.469 e. The van der Waals surface area contributed by atoms with Crippen LogP contribution >= 0.6 is 0 Å². The van der Waals surface area contributed by atoms with Crippen molar-refractivity contribution in [3.8, 4) is 0 Å². The van der Waals surface area contributed by atoms with Crippen molar-refractivity contribution >= 4 is 5.97 Å². The van der Waals surface area contributed by atoms with Gasteiger partial charge in [-0.1, -0.05) is 0 Å². The number of rotatable bonds is 1. The Bertz CT molecular complexity index is 124. The van der Waals surface area contributed by atoms with Crippen LogP contribution in [0.5, 0.6) is 0 Å². The molecule has 3 heteroatoms. The molecule has 3 nitrogen and oxygen atoms in total. The molecule has 1 aliphatic rings. The number of nitrogens with two attached hydrogens (primary N) is 1. The van der Waals surface area contributed by atoms with Gasteiger partial charge < -0.3 is 10.5 Å². The van der Waals surface area contributed by atoms with E-state index in [-0.39, 0.29) is 17.9 Å². The summed E-state index contributed by atoms with van der Waals surface area (Å²) in [7, 11) is 1.40. The lowest BCUT2D eigenvalue weighted by atomic mass is 9.80. The molecule has 0 aromatic rings. The summed E-state index contributed by atoms with van der Waals surface area (Å²) in [6, 6.07) is 0.0532. The molecule has 0 unspecified atom stereocenters. The zero-order chi connectivity index (χ0) is 6.85. The lowest BCUT2D eigenvalue weighted by Gasteiger charge is -2.30. The van der Waals surface area contributed by atoms with E-state index in [4.69, 9.17) is 5.73 Å². The summed E-state index contributed by atoms with van der Waals surface area (Å²) in [5.74, 6) is -0.177. The zero-order valence-corrected chi connectivity index (χ0v) is 5.46. The van der Waals surface area contributed by atoms with Crippen molar-refractivity contribution in [1.29, 1.82) is 0 Å². The number of esters is 1. The summed E-state index contributed by atoms with van der Waals surface area (Å²) < 4.78 is 4.51. The third kappa shape index (κ3) is 1.05. The summed E-state index contributed by atoms with van der Waals surface area (Å²) >= 11 is 0. The van der Waals surface area contributed by atoms with Gasteiger partial charge in [-0.25, -0.2) is 0 Å². The van der Waals surface area contributed by atoms with Gasteiger partial charge in [0.15, 0.2) is 0 Å². The quantitative estimate of drug-likeness (QED) is 0.503. The standard InChI is InChI=1S/C6H11NO2/c1-9-6(8)4-2-3-5(4)7/h4-5H,2-3,7H2,1H3/t4-,5-/m1/s1. The Kier molecular flexibility index (Phi) is 1.71. The van der Waals surface area contributed by atoms with E-state index in [1.807, 2.05) is 0 Å². The van der Waals surface area contributed by atoms with Crippen LogP contribution in [0.15, 0.2) is 0 Å². The number of methoxy groups -OCH3 is 1. The molecular formula is C6H11NO2. The zero-order valence-electron chi connectivity index (χ0n) is 5.46. The highest BCUT2D eigenvalue weighted by atomic mass is 16.5. The second-order valence-electron chi connectivity index (χ2n) is 2.37. The Morgan fingerprint density at radius 2 is 2.33 bits per heavy atom. The molecule has 0 saturated heterocycles. The number of hydrogen-bond donors (Lipinski definition) is 1. The summed E-state index contributed by atoms with van der Waals surface area (Å²) in [6.07, 6.45) is 1.85. The van der Waals surface area contributed by atoms with Crippen LogP contribution in [-0.2, 0) is 9.53 Å². The van der Waals surface area contributed by atoms with Crippen LogP contribution in [0.3, 0.4) is 0 Å². The predicted molar refractivity (Wildman–Crippen MR) is 32.7 cm³/mol. The molecule has 52 valence electrons. The fourth-order valence-corrected chi connectivity index (χ4v) is 0.970. The molecule has 1 aliphatic carbocycles. The topological polar surface area (TPSA) is 52.3 Å².